The molecule has 0 fully saturated rings. The Bertz CT molecular complexity index is 604. The fraction of sp³-hybridized carbons (Fsp3) is 0. The Kier molecular flexibility index (Phi) is 1.78. The normalized spacial score (nSPS) is 15.5. The second kappa shape index (κ2) is 3.24. The lowest BCUT2D eigenvalue weighted by molar-refractivity contribution is 1.41. The van der Waals surface area contributed by atoms with Crippen molar-refractivity contribution in [2.75, 3.05) is 5.32 Å². The number of anilines is 1. The van der Waals surface area contributed by atoms with Gasteiger partial charge in [0.25, 0.3) is 0 Å². The molecule has 0 amide bonds. The average molecular weight is 194 g/mol. The highest BCUT2D eigenvalue weighted by Crippen LogP contribution is 2.17. The Morgan fingerprint density at radius 3 is 2.80 bits per heavy atom. The third kappa shape index (κ3) is 1.31. The van der Waals surface area contributed by atoms with E-state index >= 15 is 0 Å². The predicted octanol–water partition coefficient (Wildman–Crippen LogP) is 1.46. The van der Waals surface area contributed by atoms with E-state index in [2.05, 4.69) is 34.6 Å². The molecule has 15 heavy (non-hydrogen) atoms. The second-order valence-corrected chi connectivity index (χ2v) is 3.47. The Labute approximate surface area is 87.7 Å². The first-order valence-corrected chi connectivity index (χ1v) is 4.93. The summed E-state index contributed by atoms with van der Waals surface area (Å²) in [5.41, 5.74) is 2.10. The molecule has 0 atom stereocenters. The Morgan fingerprint density at radius 1 is 0.933 bits per heavy atom. The van der Waals surface area contributed by atoms with E-state index in [4.69, 9.17) is 0 Å². The van der Waals surface area contributed by atoms with Crippen molar-refractivity contribution in [1.29, 1.82) is 0 Å². The highest BCUT2D eigenvalue weighted by molar-refractivity contribution is 5.83. The summed E-state index contributed by atoms with van der Waals surface area (Å²) in [6.07, 6.45) is 13.8. The molecule has 2 heterocycles. The smallest absolute Gasteiger partial charge is 0.0942 e. The van der Waals surface area contributed by atoms with E-state index in [-0.39, 0.29) is 0 Å². The van der Waals surface area contributed by atoms with Crippen molar-refractivity contribution in [3.8, 4) is 0 Å². The first-order valence-electron chi connectivity index (χ1n) is 4.93. The van der Waals surface area contributed by atoms with E-state index in [1.165, 1.54) is 5.22 Å². The van der Waals surface area contributed by atoms with Crippen molar-refractivity contribution in [2.24, 2.45) is 4.99 Å². The van der Waals surface area contributed by atoms with Gasteiger partial charge in [0.1, 0.15) is 0 Å². The van der Waals surface area contributed by atoms with Gasteiger partial charge in [-0.3, -0.25) is 4.99 Å². The lowest BCUT2D eigenvalue weighted by Crippen LogP contribution is -2.16. The Balaban J connectivity index is 2.41. The molecule has 2 nitrogen and oxygen atoms in total. The molecule has 2 aliphatic rings. The first-order chi connectivity index (χ1) is 7.45. The van der Waals surface area contributed by atoms with Gasteiger partial charge in [0, 0.05) is 22.9 Å². The van der Waals surface area contributed by atoms with Crippen LogP contribution in [0.5, 0.6) is 0 Å². The zero-order chi connectivity index (χ0) is 10.1. The number of allylic oxidation sites excluding steroid dienone is 3. The van der Waals surface area contributed by atoms with Crippen molar-refractivity contribution in [3.05, 3.63) is 47.0 Å². The van der Waals surface area contributed by atoms with Gasteiger partial charge < -0.3 is 5.32 Å². The van der Waals surface area contributed by atoms with Gasteiger partial charge >= 0.3 is 0 Å². The third-order valence-corrected chi connectivity index (χ3v) is 2.52. The zero-order valence-corrected chi connectivity index (χ0v) is 8.14. The molecule has 1 N–H and O–H groups in total. The summed E-state index contributed by atoms with van der Waals surface area (Å²) < 4.78 is 0. The van der Waals surface area contributed by atoms with Gasteiger partial charge in [0.05, 0.1) is 11.4 Å². The minimum absolute atomic E-state index is 1.01. The summed E-state index contributed by atoms with van der Waals surface area (Å²) in [5.74, 6) is 0. The van der Waals surface area contributed by atoms with Crippen LogP contribution in [0.2, 0.25) is 0 Å². The summed E-state index contributed by atoms with van der Waals surface area (Å²) in [7, 11) is 0. The molecule has 3 rings (SSSR count). The molecule has 1 aromatic rings. The van der Waals surface area contributed by atoms with Gasteiger partial charge in [-0.05, 0) is 12.2 Å². The lowest BCUT2D eigenvalue weighted by Gasteiger charge is -2.09. The number of rotatable bonds is 0. The number of benzene rings is 1. The van der Waals surface area contributed by atoms with Crippen LogP contribution < -0.4 is 15.8 Å². The van der Waals surface area contributed by atoms with Gasteiger partial charge in [-0.25, -0.2) is 0 Å². The number of aliphatic imine (C=N–C) groups is 1. The number of nitrogens with one attached hydrogen (secondary N) is 1. The summed E-state index contributed by atoms with van der Waals surface area (Å²) in [5, 5.41) is 5.58. The fourth-order valence-electron chi connectivity index (χ4n) is 1.80. The van der Waals surface area contributed by atoms with E-state index in [1.54, 1.807) is 0 Å². The quantitative estimate of drug-likeness (QED) is 0.664. The predicted molar refractivity (Wildman–Crippen MR) is 64.7 cm³/mol. The molecule has 72 valence electrons. The van der Waals surface area contributed by atoms with Crippen LogP contribution in [0, 0.1) is 0 Å². The highest BCUT2D eigenvalue weighted by atomic mass is 14.9. The molecule has 2 heteroatoms. The molecule has 0 spiro atoms. The Morgan fingerprint density at radius 2 is 1.80 bits per heavy atom. The van der Waals surface area contributed by atoms with Crippen LogP contribution in [0.1, 0.15) is 0 Å². The summed E-state index contributed by atoms with van der Waals surface area (Å²) in [4.78, 5) is 4.44. The molecule has 0 aliphatic carbocycles. The number of fused-ring (bicyclic) bond motifs is 3. The average Bonchev–Trinajstić information content (AvgIpc) is 2.54. The molecule has 2 aliphatic heterocycles. The molecule has 0 saturated carbocycles. The van der Waals surface area contributed by atoms with Crippen LogP contribution in [0.25, 0.3) is 12.2 Å². The monoisotopic (exact) mass is 194 g/mol. The van der Waals surface area contributed by atoms with Crippen LogP contribution >= 0.6 is 0 Å². The standard InChI is InChI=1S/C13H10N2/c1-2-8-14-12-10(4-1)6-7-11-5-3-9-15-13(11)12/h1-9,15H. The van der Waals surface area contributed by atoms with E-state index < -0.39 is 0 Å². The molecule has 0 saturated heterocycles. The maximum Gasteiger partial charge on any atom is 0.0942 e. The first kappa shape index (κ1) is 8.24. The van der Waals surface area contributed by atoms with Gasteiger partial charge in [-0.2, -0.15) is 0 Å². The van der Waals surface area contributed by atoms with Gasteiger partial charge in [-0.15, -0.1) is 0 Å². The van der Waals surface area contributed by atoms with Crippen LogP contribution in [-0.2, 0) is 0 Å². The van der Waals surface area contributed by atoms with Crippen LogP contribution in [-0.4, -0.2) is 6.21 Å². The van der Waals surface area contributed by atoms with E-state index in [9.17, 15) is 0 Å². The van der Waals surface area contributed by atoms with Crippen molar-refractivity contribution >= 4 is 29.7 Å². The van der Waals surface area contributed by atoms with Gasteiger partial charge in [-0.1, -0.05) is 30.4 Å². The third-order valence-electron chi connectivity index (χ3n) is 2.52. The zero-order valence-electron chi connectivity index (χ0n) is 8.14. The molecule has 0 bridgehead atoms. The number of hydrogen-bond donors (Lipinski definition) is 1. The maximum atomic E-state index is 4.44. The fourth-order valence-corrected chi connectivity index (χ4v) is 1.80. The lowest BCUT2D eigenvalue weighted by atomic mass is 10.1. The van der Waals surface area contributed by atoms with E-state index in [1.807, 2.05) is 30.6 Å². The van der Waals surface area contributed by atoms with Crippen molar-refractivity contribution in [2.45, 2.75) is 0 Å². The van der Waals surface area contributed by atoms with Crippen molar-refractivity contribution in [3.63, 3.8) is 0 Å². The molecule has 0 aromatic heterocycles. The van der Waals surface area contributed by atoms with Crippen molar-refractivity contribution in [1.82, 2.24) is 0 Å². The molecule has 1 aromatic carbocycles. The Hall–Kier alpha value is -2.09. The van der Waals surface area contributed by atoms with Gasteiger partial charge in [0.2, 0.25) is 0 Å². The van der Waals surface area contributed by atoms with E-state index in [0.29, 0.717) is 0 Å². The highest BCUT2D eigenvalue weighted by Gasteiger charge is 2.05. The molecular weight excluding hydrogens is 184 g/mol. The van der Waals surface area contributed by atoms with E-state index in [0.717, 1.165) is 16.6 Å². The number of hydrogen-bond acceptors (Lipinski definition) is 2. The maximum absolute atomic E-state index is 4.44. The summed E-state index contributed by atoms with van der Waals surface area (Å²) >= 11 is 0. The van der Waals surface area contributed by atoms with Crippen LogP contribution in [0.15, 0.2) is 41.6 Å². The minimum Gasteiger partial charge on any atom is -0.359 e. The largest absolute Gasteiger partial charge is 0.359 e. The van der Waals surface area contributed by atoms with Crippen LogP contribution in [0.3, 0.4) is 0 Å². The molecular formula is C13H10N2. The molecule has 0 radical (unpaired) electrons. The van der Waals surface area contributed by atoms with Gasteiger partial charge in [0.15, 0.2) is 0 Å². The topological polar surface area (TPSA) is 24.4 Å². The SMILES string of the molecule is C1=CC=c2ccc3c(c2N=C1)NC=CC=3. The molecule has 0 unspecified atom stereocenters. The summed E-state index contributed by atoms with van der Waals surface area (Å²) in [6.45, 7) is 0. The summed E-state index contributed by atoms with van der Waals surface area (Å²) in [6, 6.07) is 4.20. The number of nitrogens with zero attached hydrogens (tertiary/aromatic N) is 1. The van der Waals surface area contributed by atoms with Crippen molar-refractivity contribution < 1.29 is 0 Å². The second-order valence-electron chi connectivity index (χ2n) is 3.47. The minimum atomic E-state index is 1.01. The van der Waals surface area contributed by atoms with Crippen LogP contribution in [0.4, 0.5) is 11.4 Å².